The van der Waals surface area contributed by atoms with Crippen LogP contribution in [0.4, 0.5) is 0 Å². The van der Waals surface area contributed by atoms with E-state index in [2.05, 4.69) is 21.6 Å². The predicted octanol–water partition coefficient (Wildman–Crippen LogP) is 0.776. The maximum atomic E-state index is 13.0. The monoisotopic (exact) mass is 382 g/mol. The van der Waals surface area contributed by atoms with E-state index >= 15 is 0 Å². The molecule has 1 spiro atoms. The van der Waals surface area contributed by atoms with Crippen LogP contribution in [0.15, 0.2) is 18.2 Å². The fraction of sp³-hybridized carbons (Fsp3) is 0.571. The van der Waals surface area contributed by atoms with Gasteiger partial charge in [-0.05, 0) is 49.4 Å². The molecule has 0 aromatic heterocycles. The van der Waals surface area contributed by atoms with Gasteiger partial charge >= 0.3 is 0 Å². The summed E-state index contributed by atoms with van der Waals surface area (Å²) < 4.78 is 0. The van der Waals surface area contributed by atoms with E-state index in [4.69, 9.17) is 0 Å². The first-order valence-corrected chi connectivity index (χ1v) is 10.3. The number of amides is 3. The third-order valence-electron chi connectivity index (χ3n) is 6.76. The molecular formula is C21H26N4O3. The van der Waals surface area contributed by atoms with Crippen molar-refractivity contribution in [2.24, 2.45) is 0 Å². The van der Waals surface area contributed by atoms with E-state index in [9.17, 15) is 14.4 Å². The largest absolute Gasteiger partial charge is 0.322 e. The van der Waals surface area contributed by atoms with Crippen LogP contribution in [-0.2, 0) is 22.7 Å². The number of carbonyl (C=O) groups is 3. The number of likely N-dealkylation sites (tertiary alicyclic amines) is 1. The van der Waals surface area contributed by atoms with Crippen LogP contribution in [0, 0.1) is 0 Å². The molecule has 0 saturated carbocycles. The van der Waals surface area contributed by atoms with E-state index in [1.54, 1.807) is 4.90 Å². The van der Waals surface area contributed by atoms with Crippen molar-refractivity contribution >= 4 is 17.7 Å². The third-order valence-corrected chi connectivity index (χ3v) is 6.76. The minimum atomic E-state index is -0.548. The molecule has 3 fully saturated rings. The lowest BCUT2D eigenvalue weighted by Gasteiger charge is -2.29. The van der Waals surface area contributed by atoms with Crippen molar-refractivity contribution in [3.05, 3.63) is 34.9 Å². The average molecular weight is 382 g/mol. The van der Waals surface area contributed by atoms with Crippen LogP contribution >= 0.6 is 0 Å². The van der Waals surface area contributed by atoms with E-state index in [0.29, 0.717) is 24.1 Å². The zero-order chi connectivity index (χ0) is 19.3. The Bertz CT molecular complexity index is 846. The summed E-state index contributed by atoms with van der Waals surface area (Å²) in [5.74, 6) is -0.710. The summed E-state index contributed by atoms with van der Waals surface area (Å²) in [6.45, 7) is 4.57. The molecule has 1 aromatic carbocycles. The Hall–Kier alpha value is -2.25. The van der Waals surface area contributed by atoms with Gasteiger partial charge < -0.3 is 10.2 Å². The van der Waals surface area contributed by atoms with E-state index < -0.39 is 6.04 Å². The van der Waals surface area contributed by atoms with Crippen molar-refractivity contribution in [2.75, 3.05) is 19.6 Å². The molecule has 4 aliphatic heterocycles. The zero-order valence-electron chi connectivity index (χ0n) is 16.0. The van der Waals surface area contributed by atoms with Gasteiger partial charge in [0.2, 0.25) is 11.8 Å². The average Bonchev–Trinajstić information content (AvgIpc) is 3.37. The number of nitrogens with zero attached hydrogens (tertiary/aromatic N) is 2. The van der Waals surface area contributed by atoms with Gasteiger partial charge in [0.25, 0.3) is 5.91 Å². The molecule has 0 bridgehead atoms. The fourth-order valence-corrected chi connectivity index (χ4v) is 5.27. The van der Waals surface area contributed by atoms with Crippen molar-refractivity contribution < 1.29 is 14.4 Å². The number of nitrogens with one attached hydrogen (secondary N) is 2. The third kappa shape index (κ3) is 3.02. The van der Waals surface area contributed by atoms with Crippen LogP contribution in [0.3, 0.4) is 0 Å². The predicted molar refractivity (Wildman–Crippen MR) is 102 cm³/mol. The van der Waals surface area contributed by atoms with E-state index in [1.807, 2.05) is 12.1 Å². The van der Waals surface area contributed by atoms with Crippen LogP contribution in [0.1, 0.15) is 53.6 Å². The number of fused-ring (bicyclic) bond motifs is 1. The highest BCUT2D eigenvalue weighted by atomic mass is 16.2. The second kappa shape index (κ2) is 6.67. The molecule has 0 aliphatic carbocycles. The lowest BCUT2D eigenvalue weighted by atomic mass is 9.97. The second-order valence-corrected chi connectivity index (χ2v) is 8.66. The number of piperidine rings is 1. The minimum Gasteiger partial charge on any atom is -0.322 e. The van der Waals surface area contributed by atoms with Crippen molar-refractivity contribution in [3.8, 4) is 0 Å². The molecule has 1 aromatic rings. The van der Waals surface area contributed by atoms with Gasteiger partial charge in [0.05, 0.1) is 0 Å². The fourth-order valence-electron chi connectivity index (χ4n) is 5.27. The SMILES string of the molecule is O=C1CCC(N2Cc3ccc(CN4CCC5(CCCN5)C4)cc3C2=O)C(=O)N1. The van der Waals surface area contributed by atoms with Gasteiger partial charge in [0.15, 0.2) is 0 Å². The molecule has 5 rings (SSSR count). The number of hydrogen-bond acceptors (Lipinski definition) is 5. The molecule has 4 heterocycles. The summed E-state index contributed by atoms with van der Waals surface area (Å²) in [6.07, 6.45) is 4.40. The van der Waals surface area contributed by atoms with Gasteiger partial charge in [-0.1, -0.05) is 12.1 Å². The van der Waals surface area contributed by atoms with E-state index in [1.165, 1.54) is 19.3 Å². The summed E-state index contributed by atoms with van der Waals surface area (Å²) in [5, 5.41) is 6.03. The van der Waals surface area contributed by atoms with Gasteiger partial charge in [0, 0.05) is 43.7 Å². The van der Waals surface area contributed by atoms with Crippen LogP contribution in [0.25, 0.3) is 0 Å². The van der Waals surface area contributed by atoms with Crippen LogP contribution in [0.5, 0.6) is 0 Å². The summed E-state index contributed by atoms with van der Waals surface area (Å²) in [4.78, 5) is 40.6. The highest BCUT2D eigenvalue weighted by Gasteiger charge is 2.41. The first-order valence-electron chi connectivity index (χ1n) is 10.3. The second-order valence-electron chi connectivity index (χ2n) is 8.66. The van der Waals surface area contributed by atoms with E-state index in [-0.39, 0.29) is 24.1 Å². The highest BCUT2D eigenvalue weighted by molar-refractivity contribution is 6.05. The van der Waals surface area contributed by atoms with Gasteiger partial charge in [-0.2, -0.15) is 0 Å². The topological polar surface area (TPSA) is 81.8 Å². The van der Waals surface area contributed by atoms with Gasteiger partial charge in [-0.15, -0.1) is 0 Å². The molecule has 4 aliphatic rings. The maximum absolute atomic E-state index is 13.0. The van der Waals surface area contributed by atoms with Crippen molar-refractivity contribution in [2.45, 2.75) is 56.8 Å². The molecule has 2 atom stereocenters. The van der Waals surface area contributed by atoms with Crippen molar-refractivity contribution in [1.82, 2.24) is 20.4 Å². The summed E-state index contributed by atoms with van der Waals surface area (Å²) in [5.41, 5.74) is 3.12. The lowest BCUT2D eigenvalue weighted by molar-refractivity contribution is -0.136. The number of hydrogen-bond donors (Lipinski definition) is 2. The standard InChI is InChI=1S/C21H26N4O3/c26-18-5-4-17(19(27)23-18)25-12-15-3-2-14(10-16(15)20(25)28)11-24-9-7-21(13-24)6-1-8-22-21/h2-3,10,17,22H,1,4-9,11-13H2,(H,23,26,27). The molecule has 0 radical (unpaired) electrons. The minimum absolute atomic E-state index is 0.0956. The van der Waals surface area contributed by atoms with Crippen LogP contribution in [-0.4, -0.2) is 58.7 Å². The normalized spacial score (nSPS) is 30.4. The number of carbonyl (C=O) groups excluding carboxylic acids is 3. The number of benzene rings is 1. The van der Waals surface area contributed by atoms with Crippen LogP contribution in [0.2, 0.25) is 0 Å². The van der Waals surface area contributed by atoms with Crippen LogP contribution < -0.4 is 10.6 Å². The Morgan fingerprint density at radius 1 is 1.18 bits per heavy atom. The van der Waals surface area contributed by atoms with E-state index in [0.717, 1.165) is 37.3 Å². The number of rotatable bonds is 3. The molecule has 148 valence electrons. The summed E-state index contributed by atoms with van der Waals surface area (Å²) in [6, 6.07) is 5.57. The van der Waals surface area contributed by atoms with Gasteiger partial charge in [0.1, 0.15) is 6.04 Å². The maximum Gasteiger partial charge on any atom is 0.255 e. The highest BCUT2D eigenvalue weighted by Crippen LogP contribution is 2.32. The Morgan fingerprint density at radius 3 is 2.86 bits per heavy atom. The van der Waals surface area contributed by atoms with Crippen molar-refractivity contribution in [1.29, 1.82) is 0 Å². The molecular weight excluding hydrogens is 356 g/mol. The molecule has 3 amide bonds. The van der Waals surface area contributed by atoms with Gasteiger partial charge in [-0.25, -0.2) is 0 Å². The first-order chi connectivity index (χ1) is 13.5. The van der Waals surface area contributed by atoms with Gasteiger partial charge in [-0.3, -0.25) is 24.6 Å². The quantitative estimate of drug-likeness (QED) is 0.755. The Balaban J connectivity index is 1.29. The lowest BCUT2D eigenvalue weighted by Crippen LogP contribution is -2.52. The van der Waals surface area contributed by atoms with Crippen molar-refractivity contribution in [3.63, 3.8) is 0 Å². The molecule has 28 heavy (non-hydrogen) atoms. The molecule has 2 unspecified atom stereocenters. The smallest absolute Gasteiger partial charge is 0.255 e. The molecule has 7 heteroatoms. The Morgan fingerprint density at radius 2 is 2.07 bits per heavy atom. The Labute approximate surface area is 164 Å². The first kappa shape index (κ1) is 17.8. The summed E-state index contributed by atoms with van der Waals surface area (Å²) in [7, 11) is 0. The Kier molecular flexibility index (Phi) is 4.25. The number of imide groups is 1. The molecule has 3 saturated heterocycles. The summed E-state index contributed by atoms with van der Waals surface area (Å²) >= 11 is 0. The molecule has 7 nitrogen and oxygen atoms in total. The zero-order valence-corrected chi connectivity index (χ0v) is 16.0. The molecule has 2 N–H and O–H groups in total.